The average Bonchev–Trinajstić information content (AvgIpc) is 2.78. The molecule has 3 aromatic rings. The van der Waals surface area contributed by atoms with Gasteiger partial charge in [-0.15, -0.1) is 0 Å². The molecule has 146 valence electrons. The van der Waals surface area contributed by atoms with Crippen LogP contribution in [0, 0.1) is 0 Å². The molecule has 1 unspecified atom stereocenters. The van der Waals surface area contributed by atoms with E-state index in [9.17, 15) is 9.59 Å². The highest BCUT2D eigenvalue weighted by Gasteiger charge is 2.19. The molecule has 0 spiro atoms. The molecule has 5 nitrogen and oxygen atoms in total. The summed E-state index contributed by atoms with van der Waals surface area (Å²) in [6, 6.07) is 27.5. The van der Waals surface area contributed by atoms with Crippen LogP contribution in [-0.2, 0) is 4.79 Å². The van der Waals surface area contributed by atoms with Crippen LogP contribution in [0.1, 0.15) is 40.9 Å². The van der Waals surface area contributed by atoms with Gasteiger partial charge >= 0.3 is 0 Å². The van der Waals surface area contributed by atoms with E-state index in [4.69, 9.17) is 0 Å². The molecule has 2 N–H and O–H groups in total. The zero-order valence-electron chi connectivity index (χ0n) is 16.2. The van der Waals surface area contributed by atoms with Gasteiger partial charge in [0.15, 0.2) is 0 Å². The van der Waals surface area contributed by atoms with Crippen molar-refractivity contribution in [3.8, 4) is 0 Å². The van der Waals surface area contributed by atoms with E-state index in [-0.39, 0.29) is 18.2 Å². The fourth-order valence-electron chi connectivity index (χ4n) is 2.89. The molecule has 0 aliphatic carbocycles. The van der Waals surface area contributed by atoms with Gasteiger partial charge < -0.3 is 5.32 Å². The van der Waals surface area contributed by atoms with Crippen LogP contribution in [0.2, 0.25) is 0 Å². The first-order chi connectivity index (χ1) is 14.1. The number of carbonyl (C=O) groups excluding carboxylic acids is 2. The van der Waals surface area contributed by atoms with Crippen molar-refractivity contribution in [2.24, 2.45) is 5.10 Å². The number of hydrogen-bond acceptors (Lipinski definition) is 3. The first-order valence-electron chi connectivity index (χ1n) is 9.43. The molecule has 0 aliphatic rings. The Kier molecular flexibility index (Phi) is 6.90. The Bertz CT molecular complexity index is 971. The Morgan fingerprint density at radius 3 is 1.90 bits per heavy atom. The monoisotopic (exact) mass is 385 g/mol. The topological polar surface area (TPSA) is 70.6 Å². The number of hydrazone groups is 1. The number of amides is 2. The van der Waals surface area contributed by atoms with E-state index in [1.54, 1.807) is 24.3 Å². The number of nitrogens with one attached hydrogen (secondary N) is 2. The third-order valence-electron chi connectivity index (χ3n) is 4.47. The van der Waals surface area contributed by atoms with Crippen LogP contribution in [0.4, 0.5) is 0 Å². The molecular formula is C24H23N3O2. The maximum atomic E-state index is 12.6. The summed E-state index contributed by atoms with van der Waals surface area (Å²) in [5.41, 5.74) is 5.64. The normalized spacial score (nSPS) is 12.1. The van der Waals surface area contributed by atoms with Gasteiger partial charge in [-0.05, 0) is 30.2 Å². The number of benzene rings is 3. The minimum absolute atomic E-state index is 0.0775. The predicted molar refractivity (Wildman–Crippen MR) is 115 cm³/mol. The highest BCUT2D eigenvalue weighted by Crippen LogP contribution is 2.17. The summed E-state index contributed by atoms with van der Waals surface area (Å²) in [5.74, 6) is -0.501. The van der Waals surface area contributed by atoms with Crippen molar-refractivity contribution >= 4 is 17.5 Å². The molecule has 29 heavy (non-hydrogen) atoms. The van der Waals surface area contributed by atoms with Gasteiger partial charge in [0, 0.05) is 5.56 Å². The summed E-state index contributed by atoms with van der Waals surface area (Å²) in [5, 5.41) is 7.13. The van der Waals surface area contributed by atoms with E-state index < -0.39 is 6.04 Å². The van der Waals surface area contributed by atoms with Gasteiger partial charge in [-0.1, -0.05) is 78.9 Å². The summed E-state index contributed by atoms with van der Waals surface area (Å²) in [4.78, 5) is 25.1. The van der Waals surface area contributed by atoms with E-state index in [2.05, 4.69) is 15.8 Å². The van der Waals surface area contributed by atoms with Crippen molar-refractivity contribution in [2.75, 3.05) is 0 Å². The Hall–Kier alpha value is -3.73. The van der Waals surface area contributed by atoms with Crippen LogP contribution in [0.15, 0.2) is 96.1 Å². The first-order valence-corrected chi connectivity index (χ1v) is 9.43. The number of nitrogens with zero attached hydrogens (tertiary/aromatic N) is 1. The van der Waals surface area contributed by atoms with Gasteiger partial charge in [-0.3, -0.25) is 9.59 Å². The summed E-state index contributed by atoms with van der Waals surface area (Å²) in [6.07, 6.45) is 0.0775. The lowest BCUT2D eigenvalue weighted by atomic mass is 10.0. The third kappa shape index (κ3) is 5.87. The van der Waals surface area contributed by atoms with Crippen molar-refractivity contribution in [1.82, 2.24) is 10.7 Å². The lowest BCUT2D eigenvalue weighted by molar-refractivity contribution is -0.121. The van der Waals surface area contributed by atoms with Gasteiger partial charge in [-0.2, -0.15) is 5.10 Å². The van der Waals surface area contributed by atoms with Crippen LogP contribution >= 0.6 is 0 Å². The zero-order chi connectivity index (χ0) is 20.5. The molecule has 0 heterocycles. The second-order valence-corrected chi connectivity index (χ2v) is 6.61. The molecule has 1 atom stereocenters. The molecule has 0 radical (unpaired) electrons. The predicted octanol–water partition coefficient (Wildman–Crippen LogP) is 4.09. The van der Waals surface area contributed by atoms with Crippen LogP contribution < -0.4 is 10.7 Å². The molecule has 3 rings (SSSR count). The molecule has 3 aromatic carbocycles. The number of hydrogen-bond donors (Lipinski definition) is 2. The fourth-order valence-corrected chi connectivity index (χ4v) is 2.89. The maximum Gasteiger partial charge on any atom is 0.251 e. The standard InChI is InChI=1S/C24H23N3O2/c1-18(19-11-5-2-6-12-19)26-27-23(28)17-22(20-13-7-3-8-14-20)25-24(29)21-15-9-4-10-16-21/h2-16,22H,17H2,1H3,(H,25,29)(H,27,28)/b26-18+. The van der Waals surface area contributed by atoms with E-state index in [1.165, 1.54) is 0 Å². The Labute approximate surface area is 170 Å². The van der Waals surface area contributed by atoms with Crippen molar-refractivity contribution in [1.29, 1.82) is 0 Å². The van der Waals surface area contributed by atoms with Crippen LogP contribution in [0.3, 0.4) is 0 Å². The third-order valence-corrected chi connectivity index (χ3v) is 4.47. The van der Waals surface area contributed by atoms with Crippen molar-refractivity contribution in [3.63, 3.8) is 0 Å². The Morgan fingerprint density at radius 2 is 1.31 bits per heavy atom. The first kappa shape index (κ1) is 20.0. The molecular weight excluding hydrogens is 362 g/mol. The van der Waals surface area contributed by atoms with Gasteiger partial charge in [0.05, 0.1) is 18.2 Å². The number of rotatable bonds is 7. The van der Waals surface area contributed by atoms with Crippen molar-refractivity contribution in [3.05, 3.63) is 108 Å². The fraction of sp³-hybridized carbons (Fsp3) is 0.125. The summed E-state index contributed by atoms with van der Waals surface area (Å²) >= 11 is 0. The smallest absolute Gasteiger partial charge is 0.251 e. The molecule has 2 amide bonds. The molecule has 0 aliphatic heterocycles. The van der Waals surface area contributed by atoms with Crippen LogP contribution in [0.25, 0.3) is 0 Å². The van der Waals surface area contributed by atoms with E-state index in [0.29, 0.717) is 11.3 Å². The highest BCUT2D eigenvalue weighted by molar-refractivity contribution is 5.99. The van der Waals surface area contributed by atoms with E-state index in [1.807, 2.05) is 73.7 Å². The van der Waals surface area contributed by atoms with Gasteiger partial charge in [-0.25, -0.2) is 5.43 Å². The largest absolute Gasteiger partial charge is 0.345 e. The van der Waals surface area contributed by atoms with E-state index in [0.717, 1.165) is 11.1 Å². The van der Waals surface area contributed by atoms with E-state index >= 15 is 0 Å². The quantitative estimate of drug-likeness (QED) is 0.475. The highest BCUT2D eigenvalue weighted by atomic mass is 16.2. The lowest BCUT2D eigenvalue weighted by Crippen LogP contribution is -2.32. The molecule has 0 aromatic heterocycles. The van der Waals surface area contributed by atoms with Crippen molar-refractivity contribution < 1.29 is 9.59 Å². The van der Waals surface area contributed by atoms with Gasteiger partial charge in [0.1, 0.15) is 0 Å². The average molecular weight is 385 g/mol. The SMILES string of the molecule is C/C(=N\NC(=O)CC(NC(=O)c1ccccc1)c1ccccc1)c1ccccc1. The molecule has 0 bridgehead atoms. The lowest BCUT2D eigenvalue weighted by Gasteiger charge is -2.18. The molecule has 5 heteroatoms. The second kappa shape index (κ2) is 9.99. The Balaban J connectivity index is 1.70. The van der Waals surface area contributed by atoms with Gasteiger partial charge in [0.25, 0.3) is 5.91 Å². The summed E-state index contributed by atoms with van der Waals surface area (Å²) in [6.45, 7) is 1.83. The zero-order valence-corrected chi connectivity index (χ0v) is 16.2. The maximum absolute atomic E-state index is 12.6. The van der Waals surface area contributed by atoms with Gasteiger partial charge in [0.2, 0.25) is 5.91 Å². The van der Waals surface area contributed by atoms with Crippen LogP contribution in [-0.4, -0.2) is 17.5 Å². The minimum atomic E-state index is -0.462. The van der Waals surface area contributed by atoms with Crippen molar-refractivity contribution in [2.45, 2.75) is 19.4 Å². The minimum Gasteiger partial charge on any atom is -0.345 e. The number of carbonyl (C=O) groups is 2. The van der Waals surface area contributed by atoms with Crippen LogP contribution in [0.5, 0.6) is 0 Å². The second-order valence-electron chi connectivity index (χ2n) is 6.61. The molecule has 0 saturated heterocycles. The Morgan fingerprint density at radius 1 is 0.793 bits per heavy atom. The molecule has 0 saturated carbocycles. The molecule has 0 fully saturated rings. The summed E-state index contributed by atoms with van der Waals surface area (Å²) < 4.78 is 0. The summed E-state index contributed by atoms with van der Waals surface area (Å²) in [7, 11) is 0.